The van der Waals surface area contributed by atoms with Gasteiger partial charge in [0.2, 0.25) is 0 Å². The van der Waals surface area contributed by atoms with Crippen molar-refractivity contribution in [3.05, 3.63) is 35.9 Å². The first-order valence-corrected chi connectivity index (χ1v) is 6.46. The van der Waals surface area contributed by atoms with Crippen LogP contribution in [0.15, 0.2) is 30.3 Å². The van der Waals surface area contributed by atoms with Crippen molar-refractivity contribution in [1.29, 1.82) is 0 Å². The van der Waals surface area contributed by atoms with Gasteiger partial charge in [-0.1, -0.05) is 30.3 Å². The summed E-state index contributed by atoms with van der Waals surface area (Å²) in [4.78, 5) is 11.7. The van der Waals surface area contributed by atoms with Crippen molar-refractivity contribution in [3.63, 3.8) is 0 Å². The molecular weight excluding hydrogens is 228 g/mol. The zero-order valence-electron chi connectivity index (χ0n) is 10.3. The summed E-state index contributed by atoms with van der Waals surface area (Å²) in [5, 5.41) is 6.30. The van der Waals surface area contributed by atoms with Crippen molar-refractivity contribution in [2.75, 3.05) is 13.1 Å². The Hall–Kier alpha value is -1.55. The number of ether oxygens (including phenoxy) is 1. The summed E-state index contributed by atoms with van der Waals surface area (Å²) in [6.45, 7) is 2.43. The minimum absolute atomic E-state index is 0.298. The first kappa shape index (κ1) is 11.5. The predicted octanol–water partition coefficient (Wildman–Crippen LogP) is 1.66. The van der Waals surface area contributed by atoms with E-state index in [-0.39, 0.29) is 6.09 Å². The van der Waals surface area contributed by atoms with E-state index < -0.39 is 0 Å². The number of alkyl carbamates (subject to hydrolysis) is 1. The average Bonchev–Trinajstić information content (AvgIpc) is 2.84. The smallest absolute Gasteiger partial charge is 0.407 e. The zero-order chi connectivity index (χ0) is 12.4. The fourth-order valence-corrected chi connectivity index (χ4v) is 2.69. The highest BCUT2D eigenvalue weighted by Gasteiger charge is 2.56. The van der Waals surface area contributed by atoms with Crippen LogP contribution >= 0.6 is 0 Å². The summed E-state index contributed by atoms with van der Waals surface area (Å²) in [5.41, 5.74) is 1.34. The number of hydrogen-bond donors (Lipinski definition) is 2. The molecule has 1 aromatic rings. The second-order valence-electron chi connectivity index (χ2n) is 5.25. The van der Waals surface area contributed by atoms with E-state index in [4.69, 9.17) is 4.74 Å². The molecule has 96 valence electrons. The third-order valence-corrected chi connectivity index (χ3v) is 3.97. The minimum Gasteiger partial charge on any atom is -0.445 e. The molecule has 1 aromatic carbocycles. The molecule has 2 fully saturated rings. The minimum atomic E-state index is -0.298. The van der Waals surface area contributed by atoms with Gasteiger partial charge in [-0.15, -0.1) is 0 Å². The van der Waals surface area contributed by atoms with Gasteiger partial charge in [0.25, 0.3) is 0 Å². The van der Waals surface area contributed by atoms with Gasteiger partial charge in [-0.3, -0.25) is 0 Å². The van der Waals surface area contributed by atoms with Crippen molar-refractivity contribution < 1.29 is 9.53 Å². The fraction of sp³-hybridized carbons (Fsp3) is 0.500. The molecule has 2 atom stereocenters. The molecule has 4 heteroatoms. The molecule has 0 unspecified atom stereocenters. The van der Waals surface area contributed by atoms with E-state index in [0.717, 1.165) is 31.5 Å². The topological polar surface area (TPSA) is 50.4 Å². The van der Waals surface area contributed by atoms with Crippen molar-refractivity contribution in [3.8, 4) is 0 Å². The molecule has 0 aromatic heterocycles. The van der Waals surface area contributed by atoms with Crippen LogP contribution in [0, 0.1) is 5.41 Å². The number of carbonyl (C=O) groups excluding carboxylic acids is 1. The lowest BCUT2D eigenvalue weighted by Gasteiger charge is -2.10. The number of hydrogen-bond acceptors (Lipinski definition) is 3. The molecule has 1 saturated heterocycles. The normalized spacial score (nSPS) is 29.2. The van der Waals surface area contributed by atoms with Gasteiger partial charge in [0.15, 0.2) is 0 Å². The Balaban J connectivity index is 1.43. The number of carbonyl (C=O) groups is 1. The zero-order valence-corrected chi connectivity index (χ0v) is 10.3. The summed E-state index contributed by atoms with van der Waals surface area (Å²) < 4.78 is 5.21. The summed E-state index contributed by atoms with van der Waals surface area (Å²) in [6, 6.07) is 10.0. The highest BCUT2D eigenvalue weighted by atomic mass is 16.5. The van der Waals surface area contributed by atoms with E-state index in [9.17, 15) is 4.79 Å². The maximum Gasteiger partial charge on any atom is 0.407 e. The largest absolute Gasteiger partial charge is 0.445 e. The summed E-state index contributed by atoms with van der Waals surface area (Å²) in [7, 11) is 0. The maximum atomic E-state index is 11.7. The van der Waals surface area contributed by atoms with Crippen molar-refractivity contribution >= 4 is 6.09 Å². The SMILES string of the molecule is O=C(N[C@H]1C[C@]12CCNC2)OCc1ccccc1. The first-order chi connectivity index (χ1) is 8.78. The van der Waals surface area contributed by atoms with Gasteiger partial charge in [0, 0.05) is 18.0 Å². The number of rotatable bonds is 3. The number of nitrogens with one attached hydrogen (secondary N) is 2. The van der Waals surface area contributed by atoms with Crippen LogP contribution < -0.4 is 10.6 Å². The standard InChI is InChI=1S/C14H18N2O2/c17-13(18-9-11-4-2-1-3-5-11)16-12-8-14(12)6-7-15-10-14/h1-5,12,15H,6-10H2,(H,16,17)/t12-,14-/m0/s1. The molecule has 1 spiro atoms. The van der Waals surface area contributed by atoms with Crippen LogP contribution in [0.4, 0.5) is 4.79 Å². The van der Waals surface area contributed by atoms with E-state index in [0.29, 0.717) is 18.1 Å². The van der Waals surface area contributed by atoms with Gasteiger partial charge in [-0.25, -0.2) is 4.79 Å². The summed E-state index contributed by atoms with van der Waals surface area (Å²) in [6.07, 6.45) is 1.95. The Morgan fingerprint density at radius 2 is 2.28 bits per heavy atom. The van der Waals surface area contributed by atoms with E-state index in [1.54, 1.807) is 0 Å². The second kappa shape index (κ2) is 4.61. The van der Waals surface area contributed by atoms with Gasteiger partial charge in [0.1, 0.15) is 6.61 Å². The van der Waals surface area contributed by atoms with Crippen molar-refractivity contribution in [2.45, 2.75) is 25.5 Å². The maximum absolute atomic E-state index is 11.7. The molecule has 1 heterocycles. The van der Waals surface area contributed by atoms with Crippen LogP contribution in [-0.2, 0) is 11.3 Å². The van der Waals surface area contributed by atoms with Gasteiger partial charge in [0.05, 0.1) is 0 Å². The molecule has 2 N–H and O–H groups in total. The van der Waals surface area contributed by atoms with Gasteiger partial charge in [-0.2, -0.15) is 0 Å². The lowest BCUT2D eigenvalue weighted by atomic mass is 10.1. The Morgan fingerprint density at radius 1 is 1.44 bits per heavy atom. The molecular formula is C14H18N2O2. The number of benzene rings is 1. The van der Waals surface area contributed by atoms with Crippen LogP contribution in [0.5, 0.6) is 0 Å². The molecule has 3 rings (SSSR count). The quantitative estimate of drug-likeness (QED) is 0.853. The van der Waals surface area contributed by atoms with Crippen LogP contribution in [0.3, 0.4) is 0 Å². The van der Waals surface area contributed by atoms with E-state index >= 15 is 0 Å². The third-order valence-electron chi connectivity index (χ3n) is 3.97. The van der Waals surface area contributed by atoms with Crippen molar-refractivity contribution in [2.24, 2.45) is 5.41 Å². The second-order valence-corrected chi connectivity index (χ2v) is 5.25. The Kier molecular flexibility index (Phi) is 2.96. The molecule has 1 aliphatic heterocycles. The molecule has 18 heavy (non-hydrogen) atoms. The monoisotopic (exact) mass is 246 g/mol. The van der Waals surface area contributed by atoms with E-state index in [1.165, 1.54) is 0 Å². The van der Waals surface area contributed by atoms with Gasteiger partial charge < -0.3 is 15.4 Å². The number of amides is 1. The fourth-order valence-electron chi connectivity index (χ4n) is 2.69. The van der Waals surface area contributed by atoms with Crippen LogP contribution in [-0.4, -0.2) is 25.2 Å². The Labute approximate surface area is 107 Å². The molecule has 1 aliphatic carbocycles. The van der Waals surface area contributed by atoms with E-state index in [2.05, 4.69) is 10.6 Å². The van der Waals surface area contributed by atoms with E-state index in [1.807, 2.05) is 30.3 Å². The summed E-state index contributed by atoms with van der Waals surface area (Å²) in [5.74, 6) is 0. The third kappa shape index (κ3) is 2.34. The molecule has 1 saturated carbocycles. The van der Waals surface area contributed by atoms with Crippen LogP contribution in [0.2, 0.25) is 0 Å². The van der Waals surface area contributed by atoms with Gasteiger partial charge >= 0.3 is 6.09 Å². The lowest BCUT2D eigenvalue weighted by molar-refractivity contribution is 0.137. The lowest BCUT2D eigenvalue weighted by Crippen LogP contribution is -2.31. The van der Waals surface area contributed by atoms with Crippen LogP contribution in [0.25, 0.3) is 0 Å². The van der Waals surface area contributed by atoms with Crippen molar-refractivity contribution in [1.82, 2.24) is 10.6 Å². The Bertz CT molecular complexity index is 427. The van der Waals surface area contributed by atoms with Crippen LogP contribution in [0.1, 0.15) is 18.4 Å². The molecule has 0 radical (unpaired) electrons. The molecule has 0 bridgehead atoms. The Morgan fingerprint density at radius 3 is 3.00 bits per heavy atom. The molecule has 1 amide bonds. The molecule has 2 aliphatic rings. The average molecular weight is 246 g/mol. The predicted molar refractivity (Wildman–Crippen MR) is 68.1 cm³/mol. The van der Waals surface area contributed by atoms with Gasteiger partial charge in [-0.05, 0) is 24.9 Å². The molecule has 4 nitrogen and oxygen atoms in total. The summed E-state index contributed by atoms with van der Waals surface area (Å²) >= 11 is 0. The first-order valence-electron chi connectivity index (χ1n) is 6.46. The highest BCUT2D eigenvalue weighted by molar-refractivity contribution is 5.68. The highest BCUT2D eigenvalue weighted by Crippen LogP contribution is 2.50.